The van der Waals surface area contributed by atoms with E-state index in [4.69, 9.17) is 37.7 Å². The number of thiocarbonyl (C=S) groups is 1. The maximum Gasteiger partial charge on any atom is 0.271 e. The summed E-state index contributed by atoms with van der Waals surface area (Å²) in [5.41, 5.74) is 0.882. The molecule has 2 aromatic carbocycles. The Hall–Kier alpha value is -3.34. The molecule has 3 aromatic rings. The van der Waals surface area contributed by atoms with Crippen molar-refractivity contribution in [3.63, 3.8) is 0 Å². The van der Waals surface area contributed by atoms with E-state index in [9.17, 15) is 14.9 Å². The summed E-state index contributed by atoms with van der Waals surface area (Å²) in [5.74, 6) is 1.53. The third-order valence-corrected chi connectivity index (χ3v) is 6.37. The van der Waals surface area contributed by atoms with E-state index in [1.165, 1.54) is 37.3 Å². The number of nitrogens with zero attached hydrogens (tertiary/aromatic N) is 2. The first kappa shape index (κ1) is 22.8. The lowest BCUT2D eigenvalue weighted by molar-refractivity contribution is -0.384. The second-order valence-corrected chi connectivity index (χ2v) is 8.76. The minimum absolute atomic E-state index is 0.117. The Bertz CT molecular complexity index is 1320. The highest BCUT2D eigenvalue weighted by molar-refractivity contribution is 8.27. The number of benzene rings is 2. The van der Waals surface area contributed by atoms with E-state index in [2.05, 4.69) is 0 Å². The number of nitro benzene ring substituents is 1. The number of carbonyl (C=O) groups excluding carboxylic acids is 1. The topological polar surface area (TPSA) is 95.0 Å². The van der Waals surface area contributed by atoms with Crippen molar-refractivity contribution in [1.82, 2.24) is 0 Å². The van der Waals surface area contributed by atoms with Crippen LogP contribution in [0, 0.1) is 10.1 Å². The number of hydrogen-bond donors (Lipinski definition) is 0. The standard InChI is InChI=1S/C22H15ClN2O6S2/c1-29-13-4-7-17(19(10-13)30-2)24-21(26)20(33-22(24)32)11-14-5-8-18(31-14)15-6-3-12(25(27)28)9-16(15)23/h3-11H,1-2H3/b20-11+. The van der Waals surface area contributed by atoms with Crippen molar-refractivity contribution in [3.05, 3.63) is 74.3 Å². The van der Waals surface area contributed by atoms with Gasteiger partial charge in [-0.15, -0.1) is 0 Å². The number of amides is 1. The molecule has 0 unspecified atom stereocenters. The molecule has 168 valence electrons. The molecule has 1 aliphatic heterocycles. The summed E-state index contributed by atoms with van der Waals surface area (Å²) in [4.78, 5) is 25.3. The molecular formula is C22H15ClN2O6S2. The molecule has 1 aliphatic rings. The first-order chi connectivity index (χ1) is 15.8. The summed E-state index contributed by atoms with van der Waals surface area (Å²) in [6.07, 6.45) is 1.58. The number of nitro groups is 1. The number of rotatable bonds is 6. The maximum atomic E-state index is 13.1. The number of furan rings is 1. The van der Waals surface area contributed by atoms with Gasteiger partial charge in [-0.2, -0.15) is 0 Å². The number of non-ortho nitro benzene ring substituents is 1. The van der Waals surface area contributed by atoms with Gasteiger partial charge in [0, 0.05) is 29.8 Å². The zero-order valence-electron chi connectivity index (χ0n) is 17.2. The minimum Gasteiger partial charge on any atom is -0.497 e. The molecule has 0 aliphatic carbocycles. The Morgan fingerprint density at radius 2 is 1.94 bits per heavy atom. The SMILES string of the molecule is COc1ccc(N2C(=O)/C(=C\c3ccc(-c4ccc([N+](=O)[O-])cc4Cl)o3)SC2=S)c(OC)c1. The van der Waals surface area contributed by atoms with Crippen LogP contribution in [0.3, 0.4) is 0 Å². The van der Waals surface area contributed by atoms with Crippen molar-refractivity contribution in [3.8, 4) is 22.8 Å². The maximum absolute atomic E-state index is 13.1. The summed E-state index contributed by atoms with van der Waals surface area (Å²) in [6.45, 7) is 0. The highest BCUT2D eigenvalue weighted by Crippen LogP contribution is 2.41. The van der Waals surface area contributed by atoms with E-state index < -0.39 is 4.92 Å². The van der Waals surface area contributed by atoms with E-state index >= 15 is 0 Å². The number of ether oxygens (including phenoxy) is 2. The fraction of sp³-hybridized carbons (Fsp3) is 0.0909. The Morgan fingerprint density at radius 3 is 2.61 bits per heavy atom. The predicted octanol–water partition coefficient (Wildman–Crippen LogP) is 5.93. The number of carbonyl (C=O) groups is 1. The second kappa shape index (κ2) is 9.26. The molecular weight excluding hydrogens is 488 g/mol. The molecule has 0 radical (unpaired) electrons. The Labute approximate surface area is 202 Å². The van der Waals surface area contributed by atoms with E-state index in [0.717, 1.165) is 11.8 Å². The van der Waals surface area contributed by atoms with Gasteiger partial charge in [0.15, 0.2) is 4.32 Å². The molecule has 8 nitrogen and oxygen atoms in total. The van der Waals surface area contributed by atoms with Gasteiger partial charge in [0.2, 0.25) is 0 Å². The summed E-state index contributed by atoms with van der Waals surface area (Å²) in [7, 11) is 3.04. The molecule has 0 N–H and O–H groups in total. The molecule has 0 atom stereocenters. The lowest BCUT2D eigenvalue weighted by Crippen LogP contribution is -2.27. The summed E-state index contributed by atoms with van der Waals surface area (Å²) >= 11 is 12.8. The van der Waals surface area contributed by atoms with E-state index in [1.807, 2.05) is 0 Å². The normalized spacial score (nSPS) is 14.8. The molecule has 11 heteroatoms. The molecule has 2 heterocycles. The first-order valence-corrected chi connectivity index (χ1v) is 11.0. The monoisotopic (exact) mass is 502 g/mol. The Balaban J connectivity index is 1.62. The summed E-state index contributed by atoms with van der Waals surface area (Å²) < 4.78 is 16.8. The zero-order chi connectivity index (χ0) is 23.7. The average molecular weight is 503 g/mol. The van der Waals surface area contributed by atoms with Crippen molar-refractivity contribution in [2.75, 3.05) is 19.1 Å². The van der Waals surface area contributed by atoms with Gasteiger partial charge in [0.1, 0.15) is 23.0 Å². The minimum atomic E-state index is -0.525. The third kappa shape index (κ3) is 4.45. The quantitative estimate of drug-likeness (QED) is 0.177. The smallest absolute Gasteiger partial charge is 0.271 e. The van der Waals surface area contributed by atoms with Crippen LogP contribution in [0.5, 0.6) is 11.5 Å². The van der Waals surface area contributed by atoms with Gasteiger partial charge in [0.25, 0.3) is 11.6 Å². The molecule has 1 fully saturated rings. The van der Waals surface area contributed by atoms with Crippen molar-refractivity contribution >= 4 is 63.3 Å². The lowest BCUT2D eigenvalue weighted by Gasteiger charge is -2.18. The number of hydrogen-bond acceptors (Lipinski definition) is 8. The van der Waals surface area contributed by atoms with Gasteiger partial charge in [-0.3, -0.25) is 19.8 Å². The van der Waals surface area contributed by atoms with Gasteiger partial charge in [-0.25, -0.2) is 0 Å². The molecule has 1 aromatic heterocycles. The van der Waals surface area contributed by atoms with E-state index in [-0.39, 0.29) is 16.6 Å². The van der Waals surface area contributed by atoms with Crippen LogP contribution >= 0.6 is 35.6 Å². The number of anilines is 1. The van der Waals surface area contributed by atoms with Gasteiger partial charge < -0.3 is 13.9 Å². The highest BCUT2D eigenvalue weighted by atomic mass is 35.5. The lowest BCUT2D eigenvalue weighted by atomic mass is 10.1. The fourth-order valence-corrected chi connectivity index (χ4v) is 4.70. The summed E-state index contributed by atoms with van der Waals surface area (Å²) in [6, 6.07) is 12.5. The Kier molecular flexibility index (Phi) is 6.41. The third-order valence-electron chi connectivity index (χ3n) is 4.75. The van der Waals surface area contributed by atoms with Crippen LogP contribution in [0.2, 0.25) is 5.02 Å². The van der Waals surface area contributed by atoms with Crippen molar-refractivity contribution in [1.29, 1.82) is 0 Å². The molecule has 0 saturated carbocycles. The van der Waals surface area contributed by atoms with Gasteiger partial charge in [-0.1, -0.05) is 35.6 Å². The van der Waals surface area contributed by atoms with Crippen LogP contribution in [0.1, 0.15) is 5.76 Å². The van der Waals surface area contributed by atoms with Crippen LogP contribution in [-0.4, -0.2) is 29.4 Å². The largest absolute Gasteiger partial charge is 0.497 e. The molecule has 4 rings (SSSR count). The van der Waals surface area contributed by atoms with E-state index in [1.54, 1.807) is 36.4 Å². The molecule has 0 spiro atoms. The van der Waals surface area contributed by atoms with Crippen LogP contribution in [-0.2, 0) is 4.79 Å². The van der Waals surface area contributed by atoms with E-state index in [0.29, 0.717) is 43.5 Å². The van der Waals surface area contributed by atoms with Crippen molar-refractivity contribution < 1.29 is 23.6 Å². The average Bonchev–Trinajstić information content (AvgIpc) is 3.37. The predicted molar refractivity (Wildman–Crippen MR) is 131 cm³/mol. The van der Waals surface area contributed by atoms with Crippen LogP contribution in [0.25, 0.3) is 17.4 Å². The highest BCUT2D eigenvalue weighted by Gasteiger charge is 2.35. The van der Waals surface area contributed by atoms with Crippen molar-refractivity contribution in [2.24, 2.45) is 0 Å². The van der Waals surface area contributed by atoms with Gasteiger partial charge in [0.05, 0.1) is 34.8 Å². The molecule has 1 saturated heterocycles. The number of methoxy groups -OCH3 is 2. The fourth-order valence-electron chi connectivity index (χ4n) is 3.17. The van der Waals surface area contributed by atoms with Gasteiger partial charge in [-0.05, 0) is 30.3 Å². The van der Waals surface area contributed by atoms with Gasteiger partial charge >= 0.3 is 0 Å². The number of halogens is 1. The van der Waals surface area contributed by atoms with Crippen LogP contribution < -0.4 is 14.4 Å². The molecule has 1 amide bonds. The summed E-state index contributed by atoms with van der Waals surface area (Å²) in [5, 5.41) is 11.1. The zero-order valence-corrected chi connectivity index (χ0v) is 19.6. The molecule has 0 bridgehead atoms. The van der Waals surface area contributed by atoms with Crippen molar-refractivity contribution in [2.45, 2.75) is 0 Å². The van der Waals surface area contributed by atoms with Crippen LogP contribution in [0.15, 0.2) is 57.9 Å². The van der Waals surface area contributed by atoms with Crippen LogP contribution in [0.4, 0.5) is 11.4 Å². The first-order valence-electron chi connectivity index (χ1n) is 9.36. The second-order valence-electron chi connectivity index (χ2n) is 6.68. The molecule has 33 heavy (non-hydrogen) atoms. The number of thioether (sulfide) groups is 1. The Morgan fingerprint density at radius 1 is 1.15 bits per heavy atom.